The monoisotopic (exact) mass is 277 g/mol. The molecule has 0 fully saturated rings. The summed E-state index contributed by atoms with van der Waals surface area (Å²) < 4.78 is 12.0. The lowest BCUT2D eigenvalue weighted by atomic mass is 10.2. The number of esters is 1. The Kier molecular flexibility index (Phi) is 4.22. The van der Waals surface area contributed by atoms with E-state index in [0.717, 1.165) is 30.1 Å². The summed E-state index contributed by atoms with van der Waals surface area (Å²) in [5.41, 5.74) is 0.765. The van der Waals surface area contributed by atoms with Gasteiger partial charge in [-0.25, -0.2) is 14.5 Å². The Bertz CT molecular complexity index is 613. The van der Waals surface area contributed by atoms with E-state index in [-0.39, 0.29) is 5.76 Å². The molecule has 0 amide bonds. The van der Waals surface area contributed by atoms with Crippen LogP contribution in [-0.2, 0) is 24.1 Å². The SMILES string of the molecule is CCc1nc(CC)n(Cc2cc(C)c(C(=O)OC)o2)n1. The molecule has 20 heavy (non-hydrogen) atoms. The van der Waals surface area contributed by atoms with Crippen LogP contribution in [0.5, 0.6) is 0 Å². The quantitative estimate of drug-likeness (QED) is 0.783. The zero-order valence-corrected chi connectivity index (χ0v) is 12.3. The first-order chi connectivity index (χ1) is 9.58. The van der Waals surface area contributed by atoms with Gasteiger partial charge in [0, 0.05) is 18.4 Å². The largest absolute Gasteiger partial charge is 0.463 e. The third kappa shape index (κ3) is 2.74. The van der Waals surface area contributed by atoms with Gasteiger partial charge >= 0.3 is 5.97 Å². The molecule has 0 saturated carbocycles. The van der Waals surface area contributed by atoms with Crippen molar-refractivity contribution in [3.8, 4) is 0 Å². The van der Waals surface area contributed by atoms with Crippen LogP contribution in [0.25, 0.3) is 0 Å². The summed E-state index contributed by atoms with van der Waals surface area (Å²) in [4.78, 5) is 16.0. The molecule has 0 aliphatic rings. The Hall–Kier alpha value is -2.11. The van der Waals surface area contributed by atoms with Crippen LogP contribution in [0.1, 0.15) is 47.4 Å². The maximum absolute atomic E-state index is 11.5. The van der Waals surface area contributed by atoms with E-state index in [4.69, 9.17) is 4.42 Å². The second-order valence-corrected chi connectivity index (χ2v) is 4.53. The van der Waals surface area contributed by atoms with Crippen molar-refractivity contribution in [1.29, 1.82) is 0 Å². The number of aryl methyl sites for hydroxylation is 3. The van der Waals surface area contributed by atoms with Gasteiger partial charge in [-0.3, -0.25) is 0 Å². The second-order valence-electron chi connectivity index (χ2n) is 4.53. The van der Waals surface area contributed by atoms with Gasteiger partial charge in [0.15, 0.2) is 5.82 Å². The zero-order chi connectivity index (χ0) is 14.7. The van der Waals surface area contributed by atoms with Crippen molar-refractivity contribution in [2.24, 2.45) is 0 Å². The average Bonchev–Trinajstić information content (AvgIpc) is 3.01. The number of hydrogen-bond acceptors (Lipinski definition) is 5. The molecule has 0 aliphatic carbocycles. The fourth-order valence-corrected chi connectivity index (χ4v) is 2.03. The smallest absolute Gasteiger partial charge is 0.374 e. The molecular formula is C14H19N3O3. The maximum atomic E-state index is 11.5. The molecule has 6 heteroatoms. The predicted octanol–water partition coefficient (Wildman–Crippen LogP) is 2.14. The molecule has 0 spiro atoms. The van der Waals surface area contributed by atoms with Crippen molar-refractivity contribution < 1.29 is 13.9 Å². The van der Waals surface area contributed by atoms with E-state index >= 15 is 0 Å². The number of ether oxygens (including phenoxy) is 1. The molecule has 0 bridgehead atoms. The van der Waals surface area contributed by atoms with Gasteiger partial charge < -0.3 is 9.15 Å². The summed E-state index contributed by atoms with van der Waals surface area (Å²) in [5.74, 6) is 2.19. The third-order valence-electron chi connectivity index (χ3n) is 3.07. The summed E-state index contributed by atoms with van der Waals surface area (Å²) >= 11 is 0. The first-order valence-corrected chi connectivity index (χ1v) is 6.69. The molecule has 0 unspecified atom stereocenters. The van der Waals surface area contributed by atoms with E-state index in [1.807, 2.05) is 31.5 Å². The van der Waals surface area contributed by atoms with Crippen LogP contribution in [0.4, 0.5) is 0 Å². The molecule has 2 aromatic heterocycles. The lowest BCUT2D eigenvalue weighted by molar-refractivity contribution is 0.0561. The first kappa shape index (κ1) is 14.3. The van der Waals surface area contributed by atoms with Crippen LogP contribution in [0, 0.1) is 6.92 Å². The Morgan fingerprint density at radius 3 is 2.75 bits per heavy atom. The van der Waals surface area contributed by atoms with Gasteiger partial charge in [0.25, 0.3) is 0 Å². The molecule has 0 aliphatic heterocycles. The Morgan fingerprint density at radius 1 is 1.40 bits per heavy atom. The molecule has 0 atom stereocenters. The Balaban J connectivity index is 2.26. The van der Waals surface area contributed by atoms with Gasteiger partial charge in [-0.2, -0.15) is 5.10 Å². The van der Waals surface area contributed by atoms with E-state index in [9.17, 15) is 4.79 Å². The van der Waals surface area contributed by atoms with E-state index in [1.165, 1.54) is 7.11 Å². The number of furan rings is 1. The minimum absolute atomic E-state index is 0.247. The highest BCUT2D eigenvalue weighted by atomic mass is 16.5. The van der Waals surface area contributed by atoms with Gasteiger partial charge in [0.2, 0.25) is 5.76 Å². The van der Waals surface area contributed by atoms with Crippen molar-refractivity contribution in [2.75, 3.05) is 7.11 Å². The number of rotatable bonds is 5. The molecule has 2 aromatic rings. The summed E-state index contributed by atoms with van der Waals surface area (Å²) in [7, 11) is 1.34. The number of carbonyl (C=O) groups is 1. The second kappa shape index (κ2) is 5.90. The zero-order valence-electron chi connectivity index (χ0n) is 12.3. The number of methoxy groups -OCH3 is 1. The maximum Gasteiger partial charge on any atom is 0.374 e. The summed E-state index contributed by atoms with van der Waals surface area (Å²) in [5, 5.41) is 4.43. The van der Waals surface area contributed by atoms with Crippen LogP contribution in [-0.4, -0.2) is 27.8 Å². The highest BCUT2D eigenvalue weighted by Crippen LogP contribution is 2.17. The predicted molar refractivity (Wildman–Crippen MR) is 72.7 cm³/mol. The van der Waals surface area contributed by atoms with E-state index < -0.39 is 5.97 Å². The normalized spacial score (nSPS) is 10.8. The lowest BCUT2D eigenvalue weighted by Gasteiger charge is -2.01. The summed E-state index contributed by atoms with van der Waals surface area (Å²) in [6.07, 6.45) is 1.60. The standard InChI is InChI=1S/C14H19N3O3/c1-5-11-15-12(6-2)17(16-11)8-10-7-9(3)13(20-10)14(18)19-4/h7H,5-6,8H2,1-4H3. The van der Waals surface area contributed by atoms with Crippen LogP contribution in [0.15, 0.2) is 10.5 Å². The highest BCUT2D eigenvalue weighted by molar-refractivity contribution is 5.87. The summed E-state index contributed by atoms with van der Waals surface area (Å²) in [6, 6.07) is 1.83. The van der Waals surface area contributed by atoms with Gasteiger partial charge in [0.1, 0.15) is 18.1 Å². The van der Waals surface area contributed by atoms with Crippen LogP contribution < -0.4 is 0 Å². The molecule has 0 saturated heterocycles. The molecule has 0 aromatic carbocycles. The van der Waals surface area contributed by atoms with E-state index in [2.05, 4.69) is 14.8 Å². The topological polar surface area (TPSA) is 70.2 Å². The minimum atomic E-state index is -0.461. The third-order valence-corrected chi connectivity index (χ3v) is 3.07. The lowest BCUT2D eigenvalue weighted by Crippen LogP contribution is -2.06. The number of aromatic nitrogens is 3. The first-order valence-electron chi connectivity index (χ1n) is 6.69. The molecule has 0 radical (unpaired) electrons. The Labute approximate surface area is 117 Å². The number of nitrogens with zero attached hydrogens (tertiary/aromatic N) is 3. The van der Waals surface area contributed by atoms with Crippen molar-refractivity contribution in [3.63, 3.8) is 0 Å². The van der Waals surface area contributed by atoms with Crippen molar-refractivity contribution in [2.45, 2.75) is 40.2 Å². The summed E-state index contributed by atoms with van der Waals surface area (Å²) in [6.45, 7) is 6.34. The molecular weight excluding hydrogens is 258 g/mol. The molecule has 108 valence electrons. The van der Waals surface area contributed by atoms with E-state index in [1.54, 1.807) is 0 Å². The highest BCUT2D eigenvalue weighted by Gasteiger charge is 2.17. The Morgan fingerprint density at radius 2 is 2.15 bits per heavy atom. The molecule has 2 rings (SSSR count). The van der Waals surface area contributed by atoms with E-state index in [0.29, 0.717) is 12.3 Å². The van der Waals surface area contributed by atoms with Gasteiger partial charge in [-0.05, 0) is 13.0 Å². The minimum Gasteiger partial charge on any atom is -0.463 e. The number of carbonyl (C=O) groups excluding carboxylic acids is 1. The molecule has 0 N–H and O–H groups in total. The van der Waals surface area contributed by atoms with Crippen LogP contribution >= 0.6 is 0 Å². The van der Waals surface area contributed by atoms with Crippen LogP contribution in [0.3, 0.4) is 0 Å². The van der Waals surface area contributed by atoms with Crippen LogP contribution in [0.2, 0.25) is 0 Å². The average molecular weight is 277 g/mol. The fraction of sp³-hybridized carbons (Fsp3) is 0.500. The molecule has 6 nitrogen and oxygen atoms in total. The van der Waals surface area contributed by atoms with Crippen molar-refractivity contribution in [3.05, 3.63) is 34.8 Å². The van der Waals surface area contributed by atoms with Crippen molar-refractivity contribution in [1.82, 2.24) is 14.8 Å². The fourth-order valence-electron chi connectivity index (χ4n) is 2.03. The number of hydrogen-bond donors (Lipinski definition) is 0. The molecule has 2 heterocycles. The van der Waals surface area contributed by atoms with Gasteiger partial charge in [-0.1, -0.05) is 13.8 Å². The van der Waals surface area contributed by atoms with Gasteiger partial charge in [0.05, 0.1) is 7.11 Å². The van der Waals surface area contributed by atoms with Crippen molar-refractivity contribution >= 4 is 5.97 Å². The van der Waals surface area contributed by atoms with Gasteiger partial charge in [-0.15, -0.1) is 0 Å².